The largest absolute Gasteiger partial charge is 0.495 e. The number of halogens is 1. The van der Waals surface area contributed by atoms with Gasteiger partial charge in [-0.25, -0.2) is 4.98 Å². The number of anilines is 1. The van der Waals surface area contributed by atoms with Crippen molar-refractivity contribution in [1.82, 2.24) is 9.38 Å². The number of benzene rings is 2. The molecular weight excluding hydrogens is 410 g/mol. The van der Waals surface area contributed by atoms with Crippen LogP contribution in [0.1, 0.15) is 15.9 Å². The Morgan fingerprint density at radius 3 is 2.66 bits per heavy atom. The number of nitrogens with zero attached hydrogens (tertiary/aromatic N) is 2. The summed E-state index contributed by atoms with van der Waals surface area (Å²) in [6.45, 7) is 2.00. The number of ether oxygens (including phenoxy) is 1. The highest BCUT2D eigenvalue weighted by Gasteiger charge is 2.17. The number of fused-ring (bicyclic) bond motifs is 1. The van der Waals surface area contributed by atoms with Crippen molar-refractivity contribution in [2.24, 2.45) is 0 Å². The third-order valence-corrected chi connectivity index (χ3v) is 5.58. The van der Waals surface area contributed by atoms with Crippen molar-refractivity contribution in [1.29, 1.82) is 0 Å². The molecule has 2 aromatic heterocycles. The fourth-order valence-electron chi connectivity index (χ4n) is 2.92. The lowest BCUT2D eigenvalue weighted by Gasteiger charge is -2.08. The number of hydrogen-bond donors (Lipinski definition) is 1. The lowest BCUT2D eigenvalue weighted by Crippen LogP contribution is -2.26. The van der Waals surface area contributed by atoms with Crippen LogP contribution in [0, 0.1) is 6.92 Å². The van der Waals surface area contributed by atoms with Crippen molar-refractivity contribution in [3.8, 4) is 17.0 Å². The Labute approximate surface area is 175 Å². The van der Waals surface area contributed by atoms with Gasteiger partial charge >= 0.3 is 0 Å². The molecule has 146 valence electrons. The van der Waals surface area contributed by atoms with Crippen LogP contribution in [-0.4, -0.2) is 22.4 Å². The summed E-state index contributed by atoms with van der Waals surface area (Å²) in [5, 5.41) is 4.90. The molecule has 0 saturated carbocycles. The standard InChI is InChI=1S/C21H16ClN3O3S/c1-12-3-5-13(6-4-12)17-11-29-21-23-10-15(20(27)25(17)21)19(26)24-14-7-8-18(28-2)16(22)9-14/h3-11H,1-2H3,(H,24,26). The van der Waals surface area contributed by atoms with Crippen LogP contribution >= 0.6 is 22.9 Å². The number of carbonyl (C=O) groups excluding carboxylic acids is 1. The number of amides is 1. The minimum absolute atomic E-state index is 0.0544. The second kappa shape index (κ2) is 7.69. The highest BCUT2D eigenvalue weighted by atomic mass is 35.5. The Balaban J connectivity index is 1.73. The van der Waals surface area contributed by atoms with Gasteiger partial charge in [-0.3, -0.25) is 14.0 Å². The smallest absolute Gasteiger partial charge is 0.271 e. The average Bonchev–Trinajstić information content (AvgIpc) is 3.14. The zero-order valence-corrected chi connectivity index (χ0v) is 17.2. The van der Waals surface area contributed by atoms with Crippen LogP contribution in [0.25, 0.3) is 16.2 Å². The molecule has 0 bridgehead atoms. The van der Waals surface area contributed by atoms with Gasteiger partial charge in [0.05, 0.1) is 17.8 Å². The molecule has 0 aliphatic carbocycles. The maximum Gasteiger partial charge on any atom is 0.271 e. The fraction of sp³-hybridized carbons (Fsp3) is 0.0952. The summed E-state index contributed by atoms with van der Waals surface area (Å²) in [6, 6.07) is 12.7. The van der Waals surface area contributed by atoms with Gasteiger partial charge in [-0.2, -0.15) is 0 Å². The van der Waals surface area contributed by atoms with E-state index in [0.29, 0.717) is 27.1 Å². The minimum atomic E-state index is -0.556. The number of hydrogen-bond acceptors (Lipinski definition) is 5. The number of aromatic nitrogens is 2. The first-order valence-corrected chi connectivity index (χ1v) is 9.95. The molecule has 0 radical (unpaired) electrons. The van der Waals surface area contributed by atoms with E-state index in [4.69, 9.17) is 16.3 Å². The predicted molar refractivity (Wildman–Crippen MR) is 115 cm³/mol. The molecule has 1 N–H and O–H groups in total. The summed E-state index contributed by atoms with van der Waals surface area (Å²) in [6.07, 6.45) is 1.30. The highest BCUT2D eigenvalue weighted by Crippen LogP contribution is 2.28. The van der Waals surface area contributed by atoms with Crippen LogP contribution in [0.5, 0.6) is 5.75 Å². The summed E-state index contributed by atoms with van der Waals surface area (Å²) >= 11 is 7.45. The molecule has 0 spiro atoms. The van der Waals surface area contributed by atoms with Crippen LogP contribution in [0.3, 0.4) is 0 Å². The number of methoxy groups -OCH3 is 1. The van der Waals surface area contributed by atoms with Crippen LogP contribution in [0.15, 0.2) is 58.8 Å². The highest BCUT2D eigenvalue weighted by molar-refractivity contribution is 7.15. The quantitative estimate of drug-likeness (QED) is 0.516. The van der Waals surface area contributed by atoms with E-state index >= 15 is 0 Å². The zero-order valence-electron chi connectivity index (χ0n) is 15.6. The van der Waals surface area contributed by atoms with E-state index in [1.54, 1.807) is 18.2 Å². The Morgan fingerprint density at radius 1 is 1.21 bits per heavy atom. The van der Waals surface area contributed by atoms with E-state index in [9.17, 15) is 9.59 Å². The number of carbonyl (C=O) groups is 1. The van der Waals surface area contributed by atoms with E-state index in [1.807, 2.05) is 36.6 Å². The Hall–Kier alpha value is -3.16. The monoisotopic (exact) mass is 425 g/mol. The van der Waals surface area contributed by atoms with Crippen molar-refractivity contribution in [2.45, 2.75) is 6.92 Å². The Morgan fingerprint density at radius 2 is 1.97 bits per heavy atom. The second-order valence-corrected chi connectivity index (χ2v) is 7.63. The normalized spacial score (nSPS) is 10.9. The molecule has 0 atom stereocenters. The topological polar surface area (TPSA) is 72.7 Å². The molecule has 0 fully saturated rings. The third-order valence-electron chi connectivity index (χ3n) is 4.45. The van der Waals surface area contributed by atoms with Crippen LogP contribution in [-0.2, 0) is 0 Å². The molecule has 6 nitrogen and oxygen atoms in total. The third kappa shape index (κ3) is 3.62. The van der Waals surface area contributed by atoms with Gasteiger partial charge < -0.3 is 10.1 Å². The van der Waals surface area contributed by atoms with E-state index in [2.05, 4.69) is 10.3 Å². The first-order valence-electron chi connectivity index (χ1n) is 8.69. The molecule has 0 aliphatic heterocycles. The molecule has 0 saturated heterocycles. The average molecular weight is 426 g/mol. The second-order valence-electron chi connectivity index (χ2n) is 6.39. The Bertz CT molecular complexity index is 1280. The molecule has 4 aromatic rings. The number of rotatable bonds is 4. The molecule has 4 rings (SSSR count). The molecule has 29 heavy (non-hydrogen) atoms. The van der Waals surface area contributed by atoms with Crippen molar-refractivity contribution >= 4 is 39.5 Å². The van der Waals surface area contributed by atoms with Gasteiger partial charge in [0, 0.05) is 17.3 Å². The summed E-state index contributed by atoms with van der Waals surface area (Å²) in [4.78, 5) is 30.6. The number of aryl methyl sites for hydroxylation is 1. The summed E-state index contributed by atoms with van der Waals surface area (Å²) in [5.41, 5.74) is 2.67. The van der Waals surface area contributed by atoms with Gasteiger partial charge in [0.2, 0.25) is 0 Å². The molecule has 1 amide bonds. The molecule has 2 heterocycles. The summed E-state index contributed by atoms with van der Waals surface area (Å²) in [5.74, 6) is -0.0620. The summed E-state index contributed by atoms with van der Waals surface area (Å²) in [7, 11) is 1.51. The van der Waals surface area contributed by atoms with Crippen molar-refractivity contribution in [3.05, 3.63) is 80.5 Å². The number of nitrogens with one attached hydrogen (secondary N) is 1. The predicted octanol–water partition coefficient (Wildman–Crippen LogP) is 4.65. The van der Waals surface area contributed by atoms with E-state index < -0.39 is 11.5 Å². The fourth-order valence-corrected chi connectivity index (χ4v) is 4.03. The maximum absolute atomic E-state index is 13.1. The van der Waals surface area contributed by atoms with E-state index in [1.165, 1.54) is 29.0 Å². The molecule has 0 unspecified atom stereocenters. The van der Waals surface area contributed by atoms with Gasteiger partial charge in [0.15, 0.2) is 4.96 Å². The number of thiazole rings is 1. The van der Waals surface area contributed by atoms with E-state index in [0.717, 1.165) is 11.1 Å². The SMILES string of the molecule is COc1ccc(NC(=O)c2cnc3scc(-c4ccc(C)cc4)n3c2=O)cc1Cl. The first-order chi connectivity index (χ1) is 14.0. The zero-order chi connectivity index (χ0) is 20.5. The van der Waals surface area contributed by atoms with Crippen LogP contribution in [0.4, 0.5) is 5.69 Å². The van der Waals surface area contributed by atoms with Gasteiger partial charge in [-0.1, -0.05) is 41.4 Å². The van der Waals surface area contributed by atoms with Gasteiger partial charge in [-0.05, 0) is 30.7 Å². The Kier molecular flexibility index (Phi) is 5.08. The van der Waals surface area contributed by atoms with Crippen molar-refractivity contribution < 1.29 is 9.53 Å². The maximum atomic E-state index is 13.1. The molecule has 0 aliphatic rings. The lowest BCUT2D eigenvalue weighted by atomic mass is 10.1. The van der Waals surface area contributed by atoms with Gasteiger partial charge in [0.25, 0.3) is 11.5 Å². The first kappa shape index (κ1) is 19.2. The minimum Gasteiger partial charge on any atom is -0.495 e. The molecule has 8 heteroatoms. The van der Waals surface area contributed by atoms with Gasteiger partial charge in [0.1, 0.15) is 11.3 Å². The molecule has 2 aromatic carbocycles. The van der Waals surface area contributed by atoms with E-state index in [-0.39, 0.29) is 5.56 Å². The van der Waals surface area contributed by atoms with Crippen molar-refractivity contribution in [3.63, 3.8) is 0 Å². The summed E-state index contributed by atoms with van der Waals surface area (Å²) < 4.78 is 6.57. The molecular formula is C21H16ClN3O3S. The van der Waals surface area contributed by atoms with Crippen LogP contribution in [0.2, 0.25) is 5.02 Å². The van der Waals surface area contributed by atoms with Crippen LogP contribution < -0.4 is 15.6 Å². The van der Waals surface area contributed by atoms with Crippen molar-refractivity contribution in [2.75, 3.05) is 12.4 Å². The van der Waals surface area contributed by atoms with Gasteiger partial charge in [-0.15, -0.1) is 11.3 Å². The lowest BCUT2D eigenvalue weighted by molar-refractivity contribution is 0.102.